The fraction of sp³-hybridized carbons (Fsp3) is 0.750. The van der Waals surface area contributed by atoms with Crippen LogP contribution < -0.4 is 0 Å². The molecule has 0 saturated carbocycles. The Morgan fingerprint density at radius 1 is 1.42 bits per heavy atom. The van der Waals surface area contributed by atoms with Crippen molar-refractivity contribution in [2.24, 2.45) is 0 Å². The van der Waals surface area contributed by atoms with Crippen molar-refractivity contribution in [3.63, 3.8) is 0 Å². The van der Waals surface area contributed by atoms with Crippen LogP contribution in [0, 0.1) is 0 Å². The van der Waals surface area contributed by atoms with Gasteiger partial charge >= 0.3 is 0 Å². The smallest absolute Gasteiger partial charge is 0.290 e. The quantitative estimate of drug-likeness (QED) is 0.528. The Morgan fingerprint density at radius 2 is 2.08 bits per heavy atom. The molecule has 1 aliphatic heterocycles. The van der Waals surface area contributed by atoms with Gasteiger partial charge in [0.15, 0.2) is 0 Å². The standard InChI is InChI=1S/C8H14N2O2/c1-9(2)5-6-10-4-3-7(11)8(10)12/h3-6H2,1-2H3. The molecule has 0 spiro atoms. The SMILES string of the molecule is CN(C)CCN1CCC(=O)C1=O. The first-order valence-electron chi connectivity index (χ1n) is 4.08. The minimum atomic E-state index is -0.308. The van der Waals surface area contributed by atoms with Gasteiger partial charge < -0.3 is 9.80 Å². The Bertz CT molecular complexity index is 201. The number of rotatable bonds is 3. The van der Waals surface area contributed by atoms with Crippen molar-refractivity contribution in [1.82, 2.24) is 9.80 Å². The van der Waals surface area contributed by atoms with Crippen molar-refractivity contribution in [2.75, 3.05) is 33.7 Å². The highest BCUT2D eigenvalue weighted by molar-refractivity contribution is 6.37. The van der Waals surface area contributed by atoms with Crippen LogP contribution in [0.4, 0.5) is 0 Å². The van der Waals surface area contributed by atoms with E-state index in [0.717, 1.165) is 6.54 Å². The number of Topliss-reactive ketones (excluding diaryl/α,β-unsaturated/α-hetero) is 1. The van der Waals surface area contributed by atoms with Crippen molar-refractivity contribution in [2.45, 2.75) is 6.42 Å². The lowest BCUT2D eigenvalue weighted by molar-refractivity contribution is -0.140. The molecule has 0 bridgehead atoms. The molecule has 0 unspecified atom stereocenters. The molecular weight excluding hydrogens is 156 g/mol. The van der Waals surface area contributed by atoms with E-state index in [1.165, 1.54) is 0 Å². The maximum atomic E-state index is 11.1. The van der Waals surface area contributed by atoms with Crippen LogP contribution in [0.25, 0.3) is 0 Å². The molecule has 1 rings (SSSR count). The predicted octanol–water partition coefficient (Wildman–Crippen LogP) is -0.651. The van der Waals surface area contributed by atoms with Gasteiger partial charge in [0.05, 0.1) is 0 Å². The van der Waals surface area contributed by atoms with E-state index in [2.05, 4.69) is 0 Å². The van der Waals surface area contributed by atoms with E-state index in [4.69, 9.17) is 0 Å². The maximum absolute atomic E-state index is 11.1. The minimum Gasteiger partial charge on any atom is -0.334 e. The van der Waals surface area contributed by atoms with Crippen LogP contribution in [0.15, 0.2) is 0 Å². The van der Waals surface area contributed by atoms with Crippen LogP contribution in [0.3, 0.4) is 0 Å². The summed E-state index contributed by atoms with van der Waals surface area (Å²) in [5.41, 5.74) is 0. The largest absolute Gasteiger partial charge is 0.334 e. The zero-order valence-corrected chi connectivity index (χ0v) is 7.54. The molecule has 4 heteroatoms. The summed E-state index contributed by atoms with van der Waals surface area (Å²) in [6.07, 6.45) is 0.395. The van der Waals surface area contributed by atoms with E-state index in [0.29, 0.717) is 19.5 Å². The number of likely N-dealkylation sites (tertiary alicyclic amines) is 1. The highest BCUT2D eigenvalue weighted by atomic mass is 16.2. The fourth-order valence-corrected chi connectivity index (χ4v) is 1.16. The van der Waals surface area contributed by atoms with Gasteiger partial charge in [0.25, 0.3) is 5.91 Å². The number of carbonyl (C=O) groups excluding carboxylic acids is 2. The maximum Gasteiger partial charge on any atom is 0.290 e. The molecule has 4 nitrogen and oxygen atoms in total. The van der Waals surface area contributed by atoms with Gasteiger partial charge in [-0.1, -0.05) is 0 Å². The lowest BCUT2D eigenvalue weighted by Gasteiger charge is -2.17. The van der Waals surface area contributed by atoms with Gasteiger partial charge in [0.1, 0.15) is 0 Å². The first-order chi connectivity index (χ1) is 5.61. The molecule has 1 saturated heterocycles. The summed E-state index contributed by atoms with van der Waals surface area (Å²) in [7, 11) is 3.89. The third-order valence-corrected chi connectivity index (χ3v) is 1.95. The average Bonchev–Trinajstić information content (AvgIpc) is 2.30. The molecule has 0 aromatic rings. The van der Waals surface area contributed by atoms with Crippen LogP contribution in [0.2, 0.25) is 0 Å². The van der Waals surface area contributed by atoms with Crippen LogP contribution in [-0.2, 0) is 9.59 Å². The zero-order chi connectivity index (χ0) is 9.14. The van der Waals surface area contributed by atoms with E-state index in [1.54, 1.807) is 4.90 Å². The number of hydrogen-bond acceptors (Lipinski definition) is 3. The summed E-state index contributed by atoms with van der Waals surface area (Å²) < 4.78 is 0. The molecule has 1 aliphatic rings. The summed E-state index contributed by atoms with van der Waals surface area (Å²) in [6.45, 7) is 2.09. The summed E-state index contributed by atoms with van der Waals surface area (Å²) >= 11 is 0. The highest BCUT2D eigenvalue weighted by Gasteiger charge is 2.28. The molecule has 0 aromatic heterocycles. The van der Waals surface area contributed by atoms with E-state index in [9.17, 15) is 9.59 Å². The molecule has 0 aromatic carbocycles. The number of ketones is 1. The Hall–Kier alpha value is -0.900. The second-order valence-electron chi connectivity index (χ2n) is 3.27. The average molecular weight is 170 g/mol. The van der Waals surface area contributed by atoms with Crippen molar-refractivity contribution < 1.29 is 9.59 Å². The van der Waals surface area contributed by atoms with Gasteiger partial charge in [0, 0.05) is 26.1 Å². The Balaban J connectivity index is 2.34. The van der Waals surface area contributed by atoms with Gasteiger partial charge in [-0.25, -0.2) is 0 Å². The van der Waals surface area contributed by atoms with Gasteiger partial charge in [-0.15, -0.1) is 0 Å². The fourth-order valence-electron chi connectivity index (χ4n) is 1.16. The van der Waals surface area contributed by atoms with E-state index in [1.807, 2.05) is 19.0 Å². The van der Waals surface area contributed by atoms with Crippen LogP contribution >= 0.6 is 0 Å². The monoisotopic (exact) mass is 170 g/mol. The van der Waals surface area contributed by atoms with Crippen LogP contribution in [0.1, 0.15) is 6.42 Å². The highest BCUT2D eigenvalue weighted by Crippen LogP contribution is 2.04. The topological polar surface area (TPSA) is 40.6 Å². The molecule has 1 fully saturated rings. The Morgan fingerprint density at radius 3 is 2.50 bits per heavy atom. The number of nitrogens with zero attached hydrogens (tertiary/aromatic N) is 2. The van der Waals surface area contributed by atoms with Crippen molar-refractivity contribution in [3.8, 4) is 0 Å². The lowest BCUT2D eigenvalue weighted by Crippen LogP contribution is -2.34. The van der Waals surface area contributed by atoms with Crippen molar-refractivity contribution in [1.29, 1.82) is 0 Å². The first-order valence-corrected chi connectivity index (χ1v) is 4.08. The molecular formula is C8H14N2O2. The number of amides is 1. The second-order valence-corrected chi connectivity index (χ2v) is 3.27. The van der Waals surface area contributed by atoms with Crippen LogP contribution in [0.5, 0.6) is 0 Å². The summed E-state index contributed by atoms with van der Waals surface area (Å²) in [5, 5.41) is 0. The van der Waals surface area contributed by atoms with E-state index < -0.39 is 0 Å². The van der Waals surface area contributed by atoms with Gasteiger partial charge in [-0.3, -0.25) is 9.59 Å². The molecule has 0 atom stereocenters. The predicted molar refractivity (Wildman–Crippen MR) is 44.8 cm³/mol. The molecule has 12 heavy (non-hydrogen) atoms. The Kier molecular flexibility index (Phi) is 2.81. The zero-order valence-electron chi connectivity index (χ0n) is 7.54. The molecule has 1 amide bonds. The molecule has 0 radical (unpaired) electrons. The van der Waals surface area contributed by atoms with Gasteiger partial charge in [-0.05, 0) is 14.1 Å². The Labute approximate surface area is 72.1 Å². The minimum absolute atomic E-state index is 0.242. The number of hydrogen-bond donors (Lipinski definition) is 0. The number of likely N-dealkylation sites (N-methyl/N-ethyl adjacent to an activating group) is 1. The van der Waals surface area contributed by atoms with E-state index in [-0.39, 0.29) is 11.7 Å². The third-order valence-electron chi connectivity index (χ3n) is 1.95. The normalized spacial score (nSPS) is 18.1. The van der Waals surface area contributed by atoms with Gasteiger partial charge in [-0.2, -0.15) is 0 Å². The molecule has 68 valence electrons. The summed E-state index contributed by atoms with van der Waals surface area (Å²) in [6, 6.07) is 0. The molecule has 0 N–H and O–H groups in total. The molecule has 0 aliphatic carbocycles. The summed E-state index contributed by atoms with van der Waals surface area (Å²) in [5.74, 6) is -0.550. The van der Waals surface area contributed by atoms with E-state index >= 15 is 0 Å². The third kappa shape index (κ3) is 2.04. The first kappa shape index (κ1) is 9.19. The molecule has 1 heterocycles. The second kappa shape index (κ2) is 3.67. The van der Waals surface area contributed by atoms with Crippen molar-refractivity contribution >= 4 is 11.7 Å². The summed E-state index contributed by atoms with van der Waals surface area (Å²) in [4.78, 5) is 25.5. The van der Waals surface area contributed by atoms with Crippen molar-refractivity contribution in [3.05, 3.63) is 0 Å². The number of carbonyl (C=O) groups is 2. The van der Waals surface area contributed by atoms with Gasteiger partial charge in [0.2, 0.25) is 5.78 Å². The van der Waals surface area contributed by atoms with Crippen LogP contribution in [-0.4, -0.2) is 55.2 Å². The lowest BCUT2D eigenvalue weighted by atomic mass is 10.3.